The maximum absolute atomic E-state index is 13.5. The number of benzene rings is 2. The van der Waals surface area contributed by atoms with Crippen LogP contribution in [0, 0.1) is 5.41 Å². The molecule has 2 N–H and O–H groups in total. The fraction of sp³-hybridized carbons (Fsp3) is 0.292. The van der Waals surface area contributed by atoms with Gasteiger partial charge in [-0.3, -0.25) is 14.5 Å². The Labute approximate surface area is 195 Å². The van der Waals surface area contributed by atoms with Crippen LogP contribution in [0.3, 0.4) is 0 Å². The van der Waals surface area contributed by atoms with Crippen LogP contribution in [0.1, 0.15) is 55.6 Å². The lowest BCUT2D eigenvalue weighted by Crippen LogP contribution is -2.38. The Hall–Kier alpha value is -2.83. The summed E-state index contributed by atoms with van der Waals surface area (Å²) in [7, 11) is 0. The van der Waals surface area contributed by atoms with Crippen LogP contribution in [0.2, 0.25) is 10.0 Å². The number of hydrogen-bond acceptors (Lipinski definition) is 4. The molecular formula is C24H22Cl2N2O4. The van der Waals surface area contributed by atoms with Crippen LogP contribution in [0.25, 0.3) is 0 Å². The fourth-order valence-electron chi connectivity index (χ4n) is 4.53. The highest BCUT2D eigenvalue weighted by atomic mass is 35.5. The smallest absolute Gasteiger partial charge is 0.335 e. The van der Waals surface area contributed by atoms with Gasteiger partial charge in [-0.15, -0.1) is 0 Å². The summed E-state index contributed by atoms with van der Waals surface area (Å²) in [5.74, 6) is -1.55. The van der Waals surface area contributed by atoms with E-state index in [-0.39, 0.29) is 22.7 Å². The zero-order valence-electron chi connectivity index (χ0n) is 17.8. The van der Waals surface area contributed by atoms with Gasteiger partial charge in [-0.1, -0.05) is 43.1 Å². The van der Waals surface area contributed by atoms with Gasteiger partial charge in [0.25, 0.3) is 0 Å². The minimum Gasteiger partial charge on any atom is -0.478 e. The monoisotopic (exact) mass is 472 g/mol. The first-order valence-corrected chi connectivity index (χ1v) is 10.9. The maximum Gasteiger partial charge on any atom is 0.335 e. The van der Waals surface area contributed by atoms with E-state index in [1.54, 1.807) is 24.3 Å². The van der Waals surface area contributed by atoms with Gasteiger partial charge >= 0.3 is 5.97 Å². The number of anilines is 2. The molecule has 32 heavy (non-hydrogen) atoms. The first kappa shape index (κ1) is 22.4. The quantitative estimate of drug-likeness (QED) is 0.571. The molecule has 0 saturated heterocycles. The lowest BCUT2D eigenvalue weighted by atomic mass is 9.73. The van der Waals surface area contributed by atoms with Gasteiger partial charge in [-0.05, 0) is 47.7 Å². The van der Waals surface area contributed by atoms with Crippen molar-refractivity contribution in [1.29, 1.82) is 0 Å². The van der Waals surface area contributed by atoms with Crippen LogP contribution in [0.5, 0.6) is 0 Å². The van der Waals surface area contributed by atoms with Crippen LogP contribution in [-0.2, 0) is 9.59 Å². The highest BCUT2D eigenvalue weighted by Gasteiger charge is 2.43. The zero-order chi connectivity index (χ0) is 23.4. The van der Waals surface area contributed by atoms with E-state index in [1.165, 1.54) is 24.0 Å². The van der Waals surface area contributed by atoms with Crippen molar-refractivity contribution in [1.82, 2.24) is 0 Å². The van der Waals surface area contributed by atoms with Crippen LogP contribution in [-0.4, -0.2) is 22.8 Å². The number of carboxylic acids is 1. The molecule has 8 heteroatoms. The number of nitrogens with one attached hydrogen (secondary N) is 1. The SMILES string of the molecule is CC(=O)N1c2cc(C(=O)O)ccc2NC2=C(C(=O)CC(C)(C)C2)C1c1ccc(Cl)cc1Cl. The van der Waals surface area contributed by atoms with Gasteiger partial charge < -0.3 is 10.4 Å². The molecule has 4 rings (SSSR count). The summed E-state index contributed by atoms with van der Waals surface area (Å²) in [6.45, 7) is 5.42. The molecule has 0 bridgehead atoms. The molecular weight excluding hydrogens is 451 g/mol. The standard InChI is InChI=1S/C24H22Cl2N2O4/c1-12(29)28-19-8-13(23(31)32)4-7-17(19)27-18-10-24(2,3)11-20(30)21(18)22(28)15-6-5-14(25)9-16(15)26/h4-9,22,27H,10-11H2,1-3H3,(H,31,32). The molecule has 0 spiro atoms. The van der Waals surface area contributed by atoms with E-state index < -0.39 is 12.0 Å². The topological polar surface area (TPSA) is 86.7 Å². The lowest BCUT2D eigenvalue weighted by molar-refractivity contribution is -0.118. The number of fused-ring (bicyclic) bond motifs is 1. The van der Waals surface area contributed by atoms with Crippen molar-refractivity contribution in [2.24, 2.45) is 5.41 Å². The van der Waals surface area contributed by atoms with E-state index in [2.05, 4.69) is 5.32 Å². The summed E-state index contributed by atoms with van der Waals surface area (Å²) in [4.78, 5) is 39.6. The fourth-order valence-corrected chi connectivity index (χ4v) is 5.05. The Morgan fingerprint density at radius 3 is 2.47 bits per heavy atom. The number of allylic oxidation sites excluding steroid dienone is 1. The number of carboxylic acid groups (broad SMARTS) is 1. The highest BCUT2D eigenvalue weighted by molar-refractivity contribution is 6.35. The normalized spacial score (nSPS) is 19.6. The van der Waals surface area contributed by atoms with Gasteiger partial charge in [-0.25, -0.2) is 4.79 Å². The Kier molecular flexibility index (Phi) is 5.55. The van der Waals surface area contributed by atoms with E-state index in [0.29, 0.717) is 51.1 Å². The second-order valence-corrected chi connectivity index (χ2v) is 9.80. The van der Waals surface area contributed by atoms with E-state index in [0.717, 1.165) is 0 Å². The summed E-state index contributed by atoms with van der Waals surface area (Å²) >= 11 is 12.7. The zero-order valence-corrected chi connectivity index (χ0v) is 19.3. The Bertz CT molecular complexity index is 1200. The van der Waals surface area contributed by atoms with Crippen molar-refractivity contribution in [2.75, 3.05) is 10.2 Å². The Balaban J connectivity index is 2.05. The van der Waals surface area contributed by atoms with Crippen LogP contribution < -0.4 is 10.2 Å². The number of aromatic carboxylic acids is 1. The van der Waals surface area contributed by atoms with Gasteiger partial charge in [0.1, 0.15) is 0 Å². The first-order valence-electron chi connectivity index (χ1n) is 10.1. The molecule has 1 amide bonds. The number of hydrogen-bond donors (Lipinski definition) is 2. The van der Waals surface area contributed by atoms with Crippen molar-refractivity contribution < 1.29 is 19.5 Å². The molecule has 2 aliphatic rings. The predicted molar refractivity (Wildman–Crippen MR) is 124 cm³/mol. The van der Waals surface area contributed by atoms with Gasteiger partial charge in [0.15, 0.2) is 5.78 Å². The van der Waals surface area contributed by atoms with Crippen LogP contribution in [0.4, 0.5) is 11.4 Å². The number of carbonyl (C=O) groups is 3. The summed E-state index contributed by atoms with van der Waals surface area (Å²) in [5, 5.41) is 13.6. The molecule has 1 unspecified atom stereocenters. The molecule has 2 aromatic rings. The van der Waals surface area contributed by atoms with Crippen molar-refractivity contribution in [3.05, 3.63) is 68.8 Å². The van der Waals surface area contributed by atoms with Crippen molar-refractivity contribution >= 4 is 52.2 Å². The molecule has 1 aliphatic heterocycles. The molecule has 0 saturated carbocycles. The third-order valence-corrected chi connectivity index (χ3v) is 6.40. The van der Waals surface area contributed by atoms with E-state index in [9.17, 15) is 19.5 Å². The van der Waals surface area contributed by atoms with E-state index >= 15 is 0 Å². The number of halogens is 2. The van der Waals surface area contributed by atoms with Gasteiger partial charge in [0.2, 0.25) is 5.91 Å². The maximum atomic E-state index is 13.5. The van der Waals surface area contributed by atoms with Gasteiger partial charge in [-0.2, -0.15) is 0 Å². The average molecular weight is 473 g/mol. The molecule has 1 heterocycles. The second kappa shape index (κ2) is 7.94. The lowest BCUT2D eigenvalue weighted by Gasteiger charge is -2.37. The molecule has 1 atom stereocenters. The highest BCUT2D eigenvalue weighted by Crippen LogP contribution is 2.49. The largest absolute Gasteiger partial charge is 0.478 e. The number of nitrogens with zero attached hydrogens (tertiary/aromatic N) is 1. The van der Waals surface area contributed by atoms with E-state index in [1.807, 2.05) is 13.8 Å². The molecule has 2 aromatic carbocycles. The molecule has 1 aliphatic carbocycles. The van der Waals surface area contributed by atoms with Crippen LogP contribution >= 0.6 is 23.2 Å². The van der Waals surface area contributed by atoms with Crippen molar-refractivity contribution in [3.8, 4) is 0 Å². The number of Topliss-reactive ketones (excluding diaryl/α,β-unsaturated/α-hetero) is 1. The van der Waals surface area contributed by atoms with Gasteiger partial charge in [0, 0.05) is 34.7 Å². The van der Waals surface area contributed by atoms with Crippen LogP contribution in [0.15, 0.2) is 47.7 Å². The third-order valence-electron chi connectivity index (χ3n) is 5.84. The third kappa shape index (κ3) is 3.89. The summed E-state index contributed by atoms with van der Waals surface area (Å²) in [5.41, 5.74) is 2.38. The van der Waals surface area contributed by atoms with Gasteiger partial charge in [0.05, 0.1) is 23.0 Å². The Morgan fingerprint density at radius 2 is 1.84 bits per heavy atom. The minimum atomic E-state index is -1.11. The molecule has 0 fully saturated rings. The first-order chi connectivity index (χ1) is 15.0. The number of rotatable bonds is 2. The minimum absolute atomic E-state index is 0.0317. The average Bonchev–Trinajstić information content (AvgIpc) is 2.80. The Morgan fingerprint density at radius 1 is 1.12 bits per heavy atom. The molecule has 166 valence electrons. The second-order valence-electron chi connectivity index (χ2n) is 8.95. The van der Waals surface area contributed by atoms with Crippen molar-refractivity contribution in [3.63, 3.8) is 0 Å². The summed E-state index contributed by atoms with van der Waals surface area (Å²) < 4.78 is 0. The molecule has 6 nitrogen and oxygen atoms in total. The molecule has 0 radical (unpaired) electrons. The number of carbonyl (C=O) groups excluding carboxylic acids is 2. The summed E-state index contributed by atoms with van der Waals surface area (Å²) in [6.07, 6.45) is 0.902. The number of ketones is 1. The molecule has 0 aromatic heterocycles. The summed E-state index contributed by atoms with van der Waals surface area (Å²) in [6, 6.07) is 8.64. The number of amides is 1. The van der Waals surface area contributed by atoms with Crippen molar-refractivity contribution in [2.45, 2.75) is 39.7 Å². The van der Waals surface area contributed by atoms with E-state index in [4.69, 9.17) is 23.2 Å². The predicted octanol–water partition coefficient (Wildman–Crippen LogP) is 5.85.